The number of aromatic nitrogens is 3. The van der Waals surface area contributed by atoms with Crippen molar-refractivity contribution in [3.05, 3.63) is 76.9 Å². The van der Waals surface area contributed by atoms with E-state index in [1.165, 1.54) is 35.6 Å². The summed E-state index contributed by atoms with van der Waals surface area (Å²) in [6, 6.07) is 11.3. The van der Waals surface area contributed by atoms with Gasteiger partial charge in [-0.05, 0) is 43.7 Å². The van der Waals surface area contributed by atoms with E-state index in [9.17, 15) is 14.9 Å². The Balaban J connectivity index is 1.62. The van der Waals surface area contributed by atoms with Gasteiger partial charge in [-0.1, -0.05) is 11.3 Å². The van der Waals surface area contributed by atoms with Crippen LogP contribution >= 0.6 is 11.3 Å². The molecule has 0 bridgehead atoms. The summed E-state index contributed by atoms with van der Waals surface area (Å²) in [6.45, 7) is 3.62. The van der Waals surface area contributed by atoms with E-state index in [1.807, 2.05) is 35.9 Å². The molecule has 164 valence electrons. The number of anilines is 1. The Bertz CT molecular complexity index is 1220. The Morgan fingerprint density at radius 3 is 2.75 bits per heavy atom. The minimum atomic E-state index is -0.485. The van der Waals surface area contributed by atoms with Crippen molar-refractivity contribution in [1.29, 1.82) is 0 Å². The van der Waals surface area contributed by atoms with Crippen LogP contribution in [0.5, 0.6) is 5.75 Å². The van der Waals surface area contributed by atoms with Crippen LogP contribution in [0.25, 0.3) is 10.2 Å². The lowest BCUT2D eigenvalue weighted by Gasteiger charge is -2.20. The van der Waals surface area contributed by atoms with Crippen molar-refractivity contribution in [3.8, 4) is 5.75 Å². The zero-order chi connectivity index (χ0) is 22.5. The van der Waals surface area contributed by atoms with Crippen LogP contribution in [0.1, 0.15) is 23.7 Å². The van der Waals surface area contributed by atoms with Crippen molar-refractivity contribution < 1.29 is 14.5 Å². The number of imidazole rings is 1. The van der Waals surface area contributed by atoms with Crippen LogP contribution in [0, 0.1) is 10.1 Å². The molecule has 2 aromatic heterocycles. The van der Waals surface area contributed by atoms with E-state index in [1.54, 1.807) is 17.4 Å². The summed E-state index contributed by atoms with van der Waals surface area (Å²) in [7, 11) is 0. The van der Waals surface area contributed by atoms with E-state index in [4.69, 9.17) is 4.74 Å². The maximum absolute atomic E-state index is 13.3. The predicted octanol–water partition coefficient (Wildman–Crippen LogP) is 4.54. The maximum atomic E-state index is 13.3. The van der Waals surface area contributed by atoms with Crippen molar-refractivity contribution in [1.82, 2.24) is 14.5 Å². The number of rotatable bonds is 9. The van der Waals surface area contributed by atoms with Crippen molar-refractivity contribution in [2.75, 3.05) is 18.1 Å². The molecule has 9 nitrogen and oxygen atoms in total. The standard InChI is InChI=1S/C22H21N5O4S/c1-2-31-18-8-9-19-20(14-18)32-22(24-19)26(12-3-11-25-13-10-23-15-25)21(28)16-4-6-17(7-5-16)27(29)30/h4-10,13-15H,2-3,11-12H2,1H3. The van der Waals surface area contributed by atoms with Gasteiger partial charge in [-0.2, -0.15) is 0 Å². The highest BCUT2D eigenvalue weighted by Crippen LogP contribution is 2.32. The SMILES string of the molecule is CCOc1ccc2nc(N(CCCn3ccnc3)C(=O)c3ccc([N+](=O)[O-])cc3)sc2c1. The van der Waals surface area contributed by atoms with E-state index in [0.29, 0.717) is 36.8 Å². The zero-order valence-corrected chi connectivity index (χ0v) is 18.2. The van der Waals surface area contributed by atoms with Crippen LogP contribution in [0.3, 0.4) is 0 Å². The lowest BCUT2D eigenvalue weighted by Crippen LogP contribution is -2.32. The number of carbonyl (C=O) groups is 1. The number of non-ortho nitro benzene ring substituents is 1. The number of amides is 1. The number of nitro benzene ring substituents is 1. The van der Waals surface area contributed by atoms with Gasteiger partial charge in [0, 0.05) is 43.2 Å². The van der Waals surface area contributed by atoms with E-state index < -0.39 is 4.92 Å². The van der Waals surface area contributed by atoms with Gasteiger partial charge in [0.25, 0.3) is 11.6 Å². The number of hydrogen-bond acceptors (Lipinski definition) is 7. The molecule has 0 aliphatic heterocycles. The first-order chi connectivity index (χ1) is 15.5. The van der Waals surface area contributed by atoms with Gasteiger partial charge in [-0.15, -0.1) is 0 Å². The van der Waals surface area contributed by atoms with Crippen LogP contribution < -0.4 is 9.64 Å². The number of aryl methyl sites for hydroxylation is 1. The van der Waals surface area contributed by atoms with Gasteiger partial charge >= 0.3 is 0 Å². The smallest absolute Gasteiger partial charge is 0.269 e. The normalized spacial score (nSPS) is 10.9. The molecule has 0 aliphatic carbocycles. The average molecular weight is 452 g/mol. The number of fused-ring (bicyclic) bond motifs is 1. The Morgan fingerprint density at radius 1 is 1.25 bits per heavy atom. The third kappa shape index (κ3) is 4.75. The van der Waals surface area contributed by atoms with Crippen LogP contribution in [-0.4, -0.2) is 38.5 Å². The van der Waals surface area contributed by atoms with Crippen molar-refractivity contribution in [2.24, 2.45) is 0 Å². The molecule has 0 fully saturated rings. The summed E-state index contributed by atoms with van der Waals surface area (Å²) in [5, 5.41) is 11.5. The minimum absolute atomic E-state index is 0.0587. The first kappa shape index (κ1) is 21.4. The molecule has 0 saturated carbocycles. The zero-order valence-electron chi connectivity index (χ0n) is 17.4. The summed E-state index contributed by atoms with van der Waals surface area (Å²) in [6.07, 6.45) is 6.00. The minimum Gasteiger partial charge on any atom is -0.494 e. The number of nitrogens with zero attached hydrogens (tertiary/aromatic N) is 5. The number of carbonyl (C=O) groups excluding carboxylic acids is 1. The number of hydrogen-bond donors (Lipinski definition) is 0. The Hall–Kier alpha value is -3.79. The molecule has 0 spiro atoms. The summed E-state index contributed by atoms with van der Waals surface area (Å²) >= 11 is 1.41. The highest BCUT2D eigenvalue weighted by molar-refractivity contribution is 7.22. The van der Waals surface area contributed by atoms with E-state index in [2.05, 4.69) is 9.97 Å². The monoisotopic (exact) mass is 451 g/mol. The van der Waals surface area contributed by atoms with E-state index in [0.717, 1.165) is 16.0 Å². The summed E-state index contributed by atoms with van der Waals surface area (Å²) in [5.41, 5.74) is 1.09. The van der Waals surface area contributed by atoms with Gasteiger partial charge in [0.2, 0.25) is 0 Å². The second kappa shape index (κ2) is 9.56. The Kier molecular flexibility index (Phi) is 6.41. The molecule has 0 N–H and O–H groups in total. The first-order valence-electron chi connectivity index (χ1n) is 10.1. The summed E-state index contributed by atoms with van der Waals surface area (Å²) in [4.78, 5) is 34.1. The lowest BCUT2D eigenvalue weighted by molar-refractivity contribution is -0.384. The van der Waals surface area contributed by atoms with Gasteiger partial charge in [0.1, 0.15) is 5.75 Å². The molecule has 32 heavy (non-hydrogen) atoms. The number of thiazole rings is 1. The third-order valence-corrected chi connectivity index (χ3v) is 5.86. The van der Waals surface area contributed by atoms with Gasteiger partial charge in [0.15, 0.2) is 5.13 Å². The van der Waals surface area contributed by atoms with Crippen LogP contribution in [0.15, 0.2) is 61.2 Å². The molecule has 2 heterocycles. The van der Waals surface area contributed by atoms with Crippen molar-refractivity contribution in [3.63, 3.8) is 0 Å². The Labute approximate surface area is 188 Å². The van der Waals surface area contributed by atoms with Gasteiger partial charge < -0.3 is 9.30 Å². The fourth-order valence-electron chi connectivity index (χ4n) is 3.26. The average Bonchev–Trinajstić information content (AvgIpc) is 3.46. The third-order valence-electron chi connectivity index (χ3n) is 4.82. The molecular weight excluding hydrogens is 430 g/mol. The van der Waals surface area contributed by atoms with Crippen LogP contribution in [-0.2, 0) is 6.54 Å². The predicted molar refractivity (Wildman–Crippen MR) is 122 cm³/mol. The molecule has 0 saturated heterocycles. The molecule has 0 radical (unpaired) electrons. The number of nitro groups is 1. The summed E-state index contributed by atoms with van der Waals surface area (Å²) in [5.74, 6) is 0.498. The molecule has 1 amide bonds. The van der Waals surface area contributed by atoms with Crippen molar-refractivity contribution in [2.45, 2.75) is 19.9 Å². The highest BCUT2D eigenvalue weighted by Gasteiger charge is 2.22. The topological polar surface area (TPSA) is 103 Å². The fraction of sp³-hybridized carbons (Fsp3) is 0.227. The molecule has 4 rings (SSSR count). The van der Waals surface area contributed by atoms with Crippen LogP contribution in [0.4, 0.5) is 10.8 Å². The molecule has 0 unspecified atom stereocenters. The van der Waals surface area contributed by atoms with Crippen LogP contribution in [0.2, 0.25) is 0 Å². The van der Waals surface area contributed by atoms with E-state index in [-0.39, 0.29) is 11.6 Å². The number of benzene rings is 2. The molecule has 4 aromatic rings. The molecule has 10 heteroatoms. The largest absolute Gasteiger partial charge is 0.494 e. The molecular formula is C22H21N5O4S. The molecule has 2 aromatic carbocycles. The quantitative estimate of drug-likeness (QED) is 0.273. The highest BCUT2D eigenvalue weighted by atomic mass is 32.1. The Morgan fingerprint density at radius 2 is 2.06 bits per heavy atom. The van der Waals surface area contributed by atoms with Gasteiger partial charge in [-0.3, -0.25) is 19.8 Å². The van der Waals surface area contributed by atoms with E-state index >= 15 is 0 Å². The summed E-state index contributed by atoms with van der Waals surface area (Å²) < 4.78 is 8.44. The second-order valence-electron chi connectivity index (χ2n) is 6.97. The second-order valence-corrected chi connectivity index (χ2v) is 7.98. The fourth-order valence-corrected chi connectivity index (χ4v) is 4.28. The first-order valence-corrected chi connectivity index (χ1v) is 10.9. The molecule has 0 aliphatic rings. The van der Waals surface area contributed by atoms with Crippen molar-refractivity contribution >= 4 is 38.3 Å². The van der Waals surface area contributed by atoms with Gasteiger partial charge in [-0.25, -0.2) is 9.97 Å². The van der Waals surface area contributed by atoms with Gasteiger partial charge in [0.05, 0.1) is 28.1 Å². The number of ether oxygens (including phenoxy) is 1. The lowest BCUT2D eigenvalue weighted by atomic mass is 10.2. The molecule has 0 atom stereocenters. The maximum Gasteiger partial charge on any atom is 0.269 e.